The van der Waals surface area contributed by atoms with E-state index in [0.717, 1.165) is 18.9 Å². The Labute approximate surface area is 164 Å². The molecular formula is C18H24N4O5S. The highest BCUT2D eigenvalue weighted by Crippen LogP contribution is 2.29. The summed E-state index contributed by atoms with van der Waals surface area (Å²) in [5, 5.41) is 23.0. The van der Waals surface area contributed by atoms with E-state index in [1.807, 2.05) is 6.07 Å². The predicted molar refractivity (Wildman–Crippen MR) is 103 cm³/mol. The molecule has 0 aliphatic carbocycles. The molecule has 1 amide bonds. The summed E-state index contributed by atoms with van der Waals surface area (Å²) in [6.45, 7) is 3.39. The van der Waals surface area contributed by atoms with Crippen LogP contribution in [0.25, 0.3) is 0 Å². The Hall–Kier alpha value is -2.67. The van der Waals surface area contributed by atoms with Crippen molar-refractivity contribution in [1.29, 1.82) is 5.26 Å². The number of carbonyl (C=O) groups is 1. The third-order valence-corrected chi connectivity index (χ3v) is 6.67. The standard InChI is InChI=1S/C18H24N4O5S/c1-14(23)21-9-6-15(7-10-21)13-20-17-5-4-16(12-18(17)22(24)25)28(26,27)11-3-2-8-19/h4-5,12,15,20H,2-3,6-7,9-11,13H2,1H3. The molecule has 1 saturated heterocycles. The van der Waals surface area contributed by atoms with E-state index in [0.29, 0.717) is 19.6 Å². The van der Waals surface area contributed by atoms with Crippen LogP contribution in [0.4, 0.5) is 11.4 Å². The van der Waals surface area contributed by atoms with Crippen molar-refractivity contribution in [1.82, 2.24) is 4.90 Å². The van der Waals surface area contributed by atoms with Crippen molar-refractivity contribution < 1.29 is 18.1 Å². The summed E-state index contributed by atoms with van der Waals surface area (Å²) >= 11 is 0. The first-order valence-electron chi connectivity index (χ1n) is 9.12. The maximum Gasteiger partial charge on any atom is 0.293 e. The van der Waals surface area contributed by atoms with Crippen molar-refractivity contribution in [3.8, 4) is 6.07 Å². The third-order valence-electron chi connectivity index (χ3n) is 4.87. The fraction of sp³-hybridized carbons (Fsp3) is 0.556. The van der Waals surface area contributed by atoms with Gasteiger partial charge in [-0.2, -0.15) is 5.26 Å². The molecule has 1 fully saturated rings. The second-order valence-electron chi connectivity index (χ2n) is 6.85. The van der Waals surface area contributed by atoms with Crippen LogP contribution in [-0.4, -0.2) is 49.5 Å². The molecule has 1 aromatic carbocycles. The summed E-state index contributed by atoms with van der Waals surface area (Å²) in [4.78, 5) is 23.9. The number of nitrogens with one attached hydrogen (secondary N) is 1. The zero-order chi connectivity index (χ0) is 20.7. The van der Waals surface area contributed by atoms with Gasteiger partial charge in [0.1, 0.15) is 5.69 Å². The van der Waals surface area contributed by atoms with Crippen LogP contribution < -0.4 is 5.32 Å². The van der Waals surface area contributed by atoms with Gasteiger partial charge in [-0.15, -0.1) is 0 Å². The lowest BCUT2D eigenvalue weighted by Crippen LogP contribution is -2.38. The Kier molecular flexibility index (Phi) is 7.34. The fourth-order valence-electron chi connectivity index (χ4n) is 3.17. The molecule has 1 N–H and O–H groups in total. The minimum Gasteiger partial charge on any atom is -0.379 e. The average Bonchev–Trinajstić information content (AvgIpc) is 2.66. The van der Waals surface area contributed by atoms with E-state index in [1.54, 1.807) is 4.90 Å². The summed E-state index contributed by atoms with van der Waals surface area (Å²) < 4.78 is 24.6. The van der Waals surface area contributed by atoms with Crippen molar-refractivity contribution in [3.63, 3.8) is 0 Å². The van der Waals surface area contributed by atoms with Gasteiger partial charge in [0.15, 0.2) is 9.84 Å². The fourth-order valence-corrected chi connectivity index (χ4v) is 4.50. The largest absolute Gasteiger partial charge is 0.379 e. The number of sulfone groups is 1. The van der Waals surface area contributed by atoms with E-state index in [-0.39, 0.29) is 46.7 Å². The smallest absolute Gasteiger partial charge is 0.293 e. The van der Waals surface area contributed by atoms with Gasteiger partial charge in [0.05, 0.1) is 21.6 Å². The third kappa shape index (κ3) is 5.66. The number of nitro groups is 1. The topological polar surface area (TPSA) is 133 Å². The minimum atomic E-state index is -3.68. The van der Waals surface area contributed by atoms with Gasteiger partial charge in [0.25, 0.3) is 5.69 Å². The number of anilines is 1. The highest BCUT2D eigenvalue weighted by Gasteiger charge is 2.24. The lowest BCUT2D eigenvalue weighted by atomic mass is 9.96. The number of nitro benzene ring substituents is 1. The number of benzene rings is 1. The number of likely N-dealkylation sites (tertiary alicyclic amines) is 1. The SMILES string of the molecule is CC(=O)N1CCC(CNc2ccc(S(=O)(=O)CCCC#N)cc2[N+](=O)[O-])CC1. The lowest BCUT2D eigenvalue weighted by Gasteiger charge is -2.31. The molecular weight excluding hydrogens is 384 g/mol. The predicted octanol–water partition coefficient (Wildman–Crippen LogP) is 2.34. The number of hydrogen-bond acceptors (Lipinski definition) is 7. The van der Waals surface area contributed by atoms with Crippen LogP contribution in [0, 0.1) is 27.4 Å². The quantitative estimate of drug-likeness (QED) is 0.396. The maximum atomic E-state index is 12.3. The van der Waals surface area contributed by atoms with E-state index in [4.69, 9.17) is 5.26 Å². The number of unbranched alkanes of at least 4 members (excludes halogenated alkanes) is 1. The summed E-state index contributed by atoms with van der Waals surface area (Å²) in [6, 6.07) is 5.73. The Bertz CT molecular complexity index is 870. The number of nitrogens with zero attached hydrogens (tertiary/aromatic N) is 3. The normalized spacial score (nSPS) is 15.1. The van der Waals surface area contributed by atoms with E-state index in [2.05, 4.69) is 5.32 Å². The van der Waals surface area contributed by atoms with Crippen molar-refractivity contribution in [2.24, 2.45) is 5.92 Å². The molecule has 0 atom stereocenters. The van der Waals surface area contributed by atoms with E-state index >= 15 is 0 Å². The second kappa shape index (κ2) is 9.50. The zero-order valence-electron chi connectivity index (χ0n) is 15.8. The summed E-state index contributed by atoms with van der Waals surface area (Å²) in [5.74, 6) is 0.109. The first-order chi connectivity index (χ1) is 13.2. The van der Waals surface area contributed by atoms with Crippen LogP contribution in [0.15, 0.2) is 23.1 Å². The molecule has 0 unspecified atom stereocenters. The van der Waals surface area contributed by atoms with Gasteiger partial charge in [0.2, 0.25) is 5.91 Å². The molecule has 1 aromatic rings. The van der Waals surface area contributed by atoms with Gasteiger partial charge in [-0.05, 0) is 37.3 Å². The van der Waals surface area contributed by atoms with Gasteiger partial charge in [-0.25, -0.2) is 8.42 Å². The van der Waals surface area contributed by atoms with Crippen molar-refractivity contribution in [3.05, 3.63) is 28.3 Å². The first kappa shape index (κ1) is 21.6. The second-order valence-corrected chi connectivity index (χ2v) is 8.96. The number of piperidine rings is 1. The molecule has 0 spiro atoms. The molecule has 0 bridgehead atoms. The van der Waals surface area contributed by atoms with Crippen molar-refractivity contribution >= 4 is 27.1 Å². The number of nitriles is 1. The van der Waals surface area contributed by atoms with Gasteiger partial charge in [-0.1, -0.05) is 0 Å². The highest BCUT2D eigenvalue weighted by atomic mass is 32.2. The molecule has 0 aromatic heterocycles. The van der Waals surface area contributed by atoms with Gasteiger partial charge in [0, 0.05) is 39.0 Å². The lowest BCUT2D eigenvalue weighted by molar-refractivity contribution is -0.384. The van der Waals surface area contributed by atoms with Crippen LogP contribution in [0.2, 0.25) is 0 Å². The molecule has 152 valence electrons. The number of carbonyl (C=O) groups excluding carboxylic acids is 1. The van der Waals surface area contributed by atoms with Crippen molar-refractivity contribution in [2.75, 3.05) is 30.7 Å². The van der Waals surface area contributed by atoms with Crippen LogP contribution in [0.1, 0.15) is 32.6 Å². The molecule has 1 aliphatic heterocycles. The molecule has 1 heterocycles. The summed E-state index contributed by atoms with van der Waals surface area (Å²) in [7, 11) is -3.68. The molecule has 9 nitrogen and oxygen atoms in total. The van der Waals surface area contributed by atoms with Crippen LogP contribution >= 0.6 is 0 Å². The number of hydrogen-bond donors (Lipinski definition) is 1. The Morgan fingerprint density at radius 1 is 1.39 bits per heavy atom. The van der Waals surface area contributed by atoms with E-state index in [9.17, 15) is 23.3 Å². The molecule has 0 radical (unpaired) electrons. The van der Waals surface area contributed by atoms with E-state index < -0.39 is 14.8 Å². The number of rotatable bonds is 8. The summed E-state index contributed by atoms with van der Waals surface area (Å²) in [6.07, 6.45) is 1.92. The maximum absolute atomic E-state index is 12.3. The van der Waals surface area contributed by atoms with Gasteiger partial charge >= 0.3 is 0 Å². The minimum absolute atomic E-state index is 0.0496. The summed E-state index contributed by atoms with van der Waals surface area (Å²) in [5.41, 5.74) is -0.0162. The molecule has 1 aliphatic rings. The molecule has 10 heteroatoms. The van der Waals surface area contributed by atoms with Gasteiger partial charge in [-0.3, -0.25) is 14.9 Å². The van der Waals surface area contributed by atoms with Crippen LogP contribution in [0.5, 0.6) is 0 Å². The zero-order valence-corrected chi connectivity index (χ0v) is 16.6. The Balaban J connectivity index is 2.06. The van der Waals surface area contributed by atoms with Crippen LogP contribution in [0.3, 0.4) is 0 Å². The van der Waals surface area contributed by atoms with E-state index in [1.165, 1.54) is 19.1 Å². The molecule has 28 heavy (non-hydrogen) atoms. The molecule has 2 rings (SSSR count). The monoisotopic (exact) mass is 408 g/mol. The van der Waals surface area contributed by atoms with Gasteiger partial charge < -0.3 is 10.2 Å². The highest BCUT2D eigenvalue weighted by molar-refractivity contribution is 7.91. The molecule has 0 saturated carbocycles. The Morgan fingerprint density at radius 2 is 2.07 bits per heavy atom. The number of amides is 1. The Morgan fingerprint density at radius 3 is 2.64 bits per heavy atom. The first-order valence-corrected chi connectivity index (χ1v) is 10.8. The van der Waals surface area contributed by atoms with Crippen molar-refractivity contribution in [2.45, 2.75) is 37.5 Å². The average molecular weight is 408 g/mol. The van der Waals surface area contributed by atoms with Crippen LogP contribution in [-0.2, 0) is 14.6 Å².